The zero-order chi connectivity index (χ0) is 24.1. The lowest BCUT2D eigenvalue weighted by molar-refractivity contribution is -0.765. The van der Waals surface area contributed by atoms with E-state index in [1.54, 1.807) is 26.1 Å². The maximum atomic E-state index is 11.8. The van der Waals surface area contributed by atoms with E-state index < -0.39 is 47.9 Å². The van der Waals surface area contributed by atoms with Crippen molar-refractivity contribution in [2.24, 2.45) is 17.4 Å². The maximum Gasteiger partial charge on any atom is 0.304 e. The summed E-state index contributed by atoms with van der Waals surface area (Å²) in [5.74, 6) is -2.06. The van der Waals surface area contributed by atoms with Crippen LogP contribution in [0.2, 0.25) is 0 Å². The molecule has 1 aliphatic heterocycles. The van der Waals surface area contributed by atoms with E-state index in [1.165, 1.54) is 30.7 Å². The van der Waals surface area contributed by atoms with E-state index in [-0.39, 0.29) is 24.7 Å². The highest BCUT2D eigenvalue weighted by Gasteiger charge is 2.54. The molecule has 1 amide bonds. The molecule has 5 atom stereocenters. The SMILES string of the molecule is CC(=O)O[C@@H]1[C@H](OC(C)=O)[C@@H](COC[C@@](N)(C=O)C(C)C)O[C@H]1[n+]1cccc(C(N)=O)c1. The van der Waals surface area contributed by atoms with Gasteiger partial charge >= 0.3 is 18.2 Å². The van der Waals surface area contributed by atoms with E-state index in [1.807, 2.05) is 0 Å². The molecule has 2 rings (SSSR count). The smallest absolute Gasteiger partial charge is 0.304 e. The van der Waals surface area contributed by atoms with Gasteiger partial charge in [0.15, 0.2) is 18.5 Å². The Balaban J connectivity index is 2.31. The Hall–Kier alpha value is -2.89. The number of rotatable bonds is 10. The fourth-order valence-corrected chi connectivity index (χ4v) is 3.22. The van der Waals surface area contributed by atoms with Gasteiger partial charge < -0.3 is 35.2 Å². The summed E-state index contributed by atoms with van der Waals surface area (Å²) in [4.78, 5) is 46.5. The summed E-state index contributed by atoms with van der Waals surface area (Å²) >= 11 is 0. The minimum absolute atomic E-state index is 0.0893. The Labute approximate surface area is 185 Å². The Morgan fingerprint density at radius 2 is 1.84 bits per heavy atom. The molecule has 0 unspecified atom stereocenters. The van der Waals surface area contributed by atoms with Crippen molar-refractivity contribution in [2.75, 3.05) is 13.2 Å². The van der Waals surface area contributed by atoms with Gasteiger partial charge in [0.1, 0.15) is 18.0 Å². The fourth-order valence-electron chi connectivity index (χ4n) is 3.22. The van der Waals surface area contributed by atoms with Crippen LogP contribution in [0.5, 0.6) is 0 Å². The van der Waals surface area contributed by atoms with Gasteiger partial charge in [0.05, 0.1) is 18.8 Å². The van der Waals surface area contributed by atoms with Crippen molar-refractivity contribution in [3.05, 3.63) is 30.1 Å². The average molecular weight is 452 g/mol. The lowest BCUT2D eigenvalue weighted by atomic mass is 9.90. The largest absolute Gasteiger partial charge is 0.455 e. The Morgan fingerprint density at radius 3 is 2.38 bits per heavy atom. The van der Waals surface area contributed by atoms with Crippen LogP contribution in [0.1, 0.15) is 44.3 Å². The van der Waals surface area contributed by atoms with Gasteiger partial charge in [-0.15, -0.1) is 0 Å². The molecule has 0 aliphatic carbocycles. The standard InChI is InChI=1S/C21H29N3O8/c1-12(2)21(23,10-25)11-29-9-16-17(30-13(3)26)18(31-14(4)27)20(32-16)24-7-5-6-15(8-24)19(22)28/h5-8,10,12,16-18,20H,9,11,23H2,1-4H3,(H-,22,28)/p+1/t16-,17-,18-,20-,21+/m1/s1. The third-order valence-electron chi connectivity index (χ3n) is 5.22. The molecule has 0 radical (unpaired) electrons. The summed E-state index contributed by atoms with van der Waals surface area (Å²) in [7, 11) is 0. The van der Waals surface area contributed by atoms with Crippen LogP contribution >= 0.6 is 0 Å². The summed E-state index contributed by atoms with van der Waals surface area (Å²) in [5.41, 5.74) is 10.4. The van der Waals surface area contributed by atoms with Crippen LogP contribution in [-0.2, 0) is 33.3 Å². The van der Waals surface area contributed by atoms with Crippen LogP contribution in [-0.4, -0.2) is 61.2 Å². The topological polar surface area (TPSA) is 161 Å². The summed E-state index contributed by atoms with van der Waals surface area (Å²) in [6.07, 6.45) is -0.154. The summed E-state index contributed by atoms with van der Waals surface area (Å²) in [6.45, 7) is 5.83. The van der Waals surface area contributed by atoms with Crippen LogP contribution in [0.15, 0.2) is 24.5 Å². The highest BCUT2D eigenvalue weighted by atomic mass is 16.7. The second kappa shape index (κ2) is 10.6. The lowest BCUT2D eigenvalue weighted by Gasteiger charge is -2.28. The molecule has 1 saturated heterocycles. The fraction of sp³-hybridized carbons (Fsp3) is 0.571. The number of carbonyl (C=O) groups excluding carboxylic acids is 4. The number of nitrogens with zero attached hydrogens (tertiary/aromatic N) is 1. The number of aromatic nitrogens is 1. The molecular formula is C21H30N3O8+. The number of carbonyl (C=O) groups is 4. The minimum atomic E-state index is -1.20. The number of hydrogen-bond donors (Lipinski definition) is 2. The molecule has 11 heteroatoms. The summed E-state index contributed by atoms with van der Waals surface area (Å²) in [5, 5.41) is 0. The van der Waals surface area contributed by atoms with Crippen LogP contribution in [0.3, 0.4) is 0 Å². The quantitative estimate of drug-likeness (QED) is 0.268. The van der Waals surface area contributed by atoms with Crippen molar-refractivity contribution in [3.63, 3.8) is 0 Å². The van der Waals surface area contributed by atoms with Gasteiger partial charge in [0.25, 0.3) is 5.91 Å². The van der Waals surface area contributed by atoms with Crippen molar-refractivity contribution in [1.29, 1.82) is 0 Å². The van der Waals surface area contributed by atoms with Crippen LogP contribution < -0.4 is 16.0 Å². The van der Waals surface area contributed by atoms with Crippen molar-refractivity contribution in [3.8, 4) is 0 Å². The molecule has 11 nitrogen and oxygen atoms in total. The first-order chi connectivity index (χ1) is 15.0. The van der Waals surface area contributed by atoms with Gasteiger partial charge in [-0.1, -0.05) is 13.8 Å². The number of esters is 2. The zero-order valence-electron chi connectivity index (χ0n) is 18.6. The molecule has 2 heterocycles. The van der Waals surface area contributed by atoms with E-state index in [9.17, 15) is 19.2 Å². The minimum Gasteiger partial charge on any atom is -0.455 e. The van der Waals surface area contributed by atoms with E-state index in [4.69, 9.17) is 30.4 Å². The Bertz CT molecular complexity index is 861. The first kappa shape index (κ1) is 25.4. The molecule has 0 saturated carbocycles. The second-order valence-electron chi connectivity index (χ2n) is 8.02. The predicted molar refractivity (Wildman–Crippen MR) is 109 cm³/mol. The van der Waals surface area contributed by atoms with E-state index in [2.05, 4.69) is 0 Å². The lowest BCUT2D eigenvalue weighted by Crippen LogP contribution is -2.51. The number of primary amides is 1. The molecule has 0 spiro atoms. The highest BCUT2D eigenvalue weighted by molar-refractivity contribution is 5.92. The van der Waals surface area contributed by atoms with E-state index in [0.29, 0.717) is 6.29 Å². The summed E-state index contributed by atoms with van der Waals surface area (Å²) in [6, 6.07) is 3.10. The number of ether oxygens (including phenoxy) is 4. The van der Waals surface area contributed by atoms with Crippen LogP contribution in [0.4, 0.5) is 0 Å². The molecular weight excluding hydrogens is 422 g/mol. The third kappa shape index (κ3) is 6.09. The predicted octanol–water partition coefficient (Wildman–Crippen LogP) is -0.597. The highest BCUT2D eigenvalue weighted by Crippen LogP contribution is 2.31. The average Bonchev–Trinajstić information content (AvgIpc) is 3.03. The molecule has 1 fully saturated rings. The molecule has 4 N–H and O–H groups in total. The normalized spacial score (nSPS) is 24.6. The number of aldehydes is 1. The Kier molecular flexibility index (Phi) is 8.42. The molecule has 0 aromatic carbocycles. The van der Waals surface area contributed by atoms with Gasteiger partial charge in [0.2, 0.25) is 6.10 Å². The first-order valence-electron chi connectivity index (χ1n) is 10.1. The Morgan fingerprint density at radius 1 is 1.22 bits per heavy atom. The molecule has 1 aliphatic rings. The van der Waals surface area contributed by atoms with Crippen molar-refractivity contribution >= 4 is 24.1 Å². The second-order valence-corrected chi connectivity index (χ2v) is 8.02. The summed E-state index contributed by atoms with van der Waals surface area (Å²) < 4.78 is 24.0. The van der Waals surface area contributed by atoms with Gasteiger partial charge in [-0.3, -0.25) is 14.4 Å². The molecule has 176 valence electrons. The number of nitrogens with two attached hydrogens (primary N) is 2. The van der Waals surface area contributed by atoms with E-state index >= 15 is 0 Å². The number of pyridine rings is 1. The van der Waals surface area contributed by atoms with Gasteiger partial charge in [-0.05, 0) is 12.0 Å². The molecule has 1 aromatic rings. The number of hydrogen-bond acceptors (Lipinski definition) is 9. The van der Waals surface area contributed by atoms with Gasteiger partial charge in [0, 0.05) is 19.9 Å². The van der Waals surface area contributed by atoms with Crippen LogP contribution in [0, 0.1) is 5.92 Å². The number of amides is 1. The molecule has 1 aromatic heterocycles. The molecule has 32 heavy (non-hydrogen) atoms. The van der Waals surface area contributed by atoms with Crippen molar-refractivity contribution in [2.45, 2.75) is 57.8 Å². The molecule has 0 bridgehead atoms. The van der Waals surface area contributed by atoms with E-state index in [0.717, 1.165) is 0 Å². The third-order valence-corrected chi connectivity index (χ3v) is 5.22. The van der Waals surface area contributed by atoms with Crippen molar-refractivity contribution in [1.82, 2.24) is 0 Å². The first-order valence-corrected chi connectivity index (χ1v) is 10.1. The maximum absolute atomic E-state index is 11.8. The zero-order valence-corrected chi connectivity index (χ0v) is 18.6. The van der Waals surface area contributed by atoms with Gasteiger partial charge in [-0.25, -0.2) is 0 Å². The van der Waals surface area contributed by atoms with Crippen LogP contribution in [0.25, 0.3) is 0 Å². The van der Waals surface area contributed by atoms with Crippen molar-refractivity contribution < 1.29 is 42.7 Å². The van der Waals surface area contributed by atoms with Gasteiger partial charge in [-0.2, -0.15) is 4.57 Å². The monoisotopic (exact) mass is 452 g/mol.